The van der Waals surface area contributed by atoms with Crippen molar-refractivity contribution in [3.05, 3.63) is 53.6 Å². The number of hydrogen-bond acceptors (Lipinski definition) is 2. The molecule has 3 rings (SSSR count). The van der Waals surface area contributed by atoms with E-state index in [0.717, 1.165) is 16.7 Å². The standard InChI is InChI=1S/C15H12NO/c1-10-8-13-14(9-11(10)2)17-15(16-13)12-6-4-3-5-7-12/h4-9H,1-2H3. The van der Waals surface area contributed by atoms with Crippen LogP contribution >= 0.6 is 0 Å². The average molecular weight is 222 g/mol. The first-order valence-corrected chi connectivity index (χ1v) is 5.58. The molecule has 0 aliphatic rings. The molecule has 83 valence electrons. The Bertz CT molecular complexity index is 629. The first kappa shape index (κ1) is 10.1. The van der Waals surface area contributed by atoms with Gasteiger partial charge in [-0.25, -0.2) is 4.98 Å². The minimum Gasteiger partial charge on any atom is -0.436 e. The molecule has 1 radical (unpaired) electrons. The summed E-state index contributed by atoms with van der Waals surface area (Å²) in [5.41, 5.74) is 5.20. The molecule has 0 saturated heterocycles. The highest BCUT2D eigenvalue weighted by Crippen LogP contribution is 2.25. The van der Waals surface area contributed by atoms with Crippen LogP contribution in [0.25, 0.3) is 22.6 Å². The highest BCUT2D eigenvalue weighted by Gasteiger charge is 2.08. The lowest BCUT2D eigenvalue weighted by atomic mass is 10.1. The van der Waals surface area contributed by atoms with Crippen LogP contribution in [-0.2, 0) is 0 Å². The van der Waals surface area contributed by atoms with Gasteiger partial charge in [-0.2, -0.15) is 0 Å². The van der Waals surface area contributed by atoms with Crippen molar-refractivity contribution < 1.29 is 4.42 Å². The Kier molecular flexibility index (Phi) is 2.22. The number of oxazole rings is 1. The molecule has 17 heavy (non-hydrogen) atoms. The van der Waals surface area contributed by atoms with Crippen LogP contribution in [0.4, 0.5) is 0 Å². The van der Waals surface area contributed by atoms with Crippen molar-refractivity contribution in [1.29, 1.82) is 0 Å². The summed E-state index contributed by atoms with van der Waals surface area (Å²) < 4.78 is 5.76. The monoisotopic (exact) mass is 222 g/mol. The first-order chi connectivity index (χ1) is 8.24. The SMILES string of the molecule is Cc1cc2nc(-c3cc[c]cc3)oc2cc1C. The van der Waals surface area contributed by atoms with Crippen LogP contribution in [0.3, 0.4) is 0 Å². The van der Waals surface area contributed by atoms with E-state index in [0.29, 0.717) is 5.89 Å². The van der Waals surface area contributed by atoms with Gasteiger partial charge in [-0.05, 0) is 55.3 Å². The lowest BCUT2D eigenvalue weighted by Gasteiger charge is -1.96. The van der Waals surface area contributed by atoms with Gasteiger partial charge in [0.1, 0.15) is 5.52 Å². The van der Waals surface area contributed by atoms with Gasteiger partial charge in [0.25, 0.3) is 0 Å². The first-order valence-electron chi connectivity index (χ1n) is 5.58. The van der Waals surface area contributed by atoms with Crippen LogP contribution in [0.15, 0.2) is 40.8 Å². The average Bonchev–Trinajstić information content (AvgIpc) is 2.74. The zero-order valence-electron chi connectivity index (χ0n) is 9.82. The molecule has 3 aromatic rings. The third kappa shape index (κ3) is 1.72. The normalized spacial score (nSPS) is 10.9. The second-order valence-corrected chi connectivity index (χ2v) is 4.21. The summed E-state index contributed by atoms with van der Waals surface area (Å²) in [6.45, 7) is 4.16. The molecule has 0 saturated carbocycles. The molecule has 2 heteroatoms. The summed E-state index contributed by atoms with van der Waals surface area (Å²) >= 11 is 0. The van der Waals surface area contributed by atoms with E-state index in [-0.39, 0.29) is 0 Å². The molecule has 1 aromatic heterocycles. The number of rotatable bonds is 1. The van der Waals surface area contributed by atoms with Gasteiger partial charge in [-0.1, -0.05) is 12.1 Å². The van der Waals surface area contributed by atoms with Crippen LogP contribution in [-0.4, -0.2) is 4.98 Å². The Hall–Kier alpha value is -2.09. The van der Waals surface area contributed by atoms with Crippen molar-refractivity contribution in [2.24, 2.45) is 0 Å². The largest absolute Gasteiger partial charge is 0.436 e. The molecule has 0 N–H and O–H groups in total. The van der Waals surface area contributed by atoms with E-state index in [1.165, 1.54) is 11.1 Å². The highest BCUT2D eigenvalue weighted by molar-refractivity contribution is 5.77. The zero-order chi connectivity index (χ0) is 11.8. The van der Waals surface area contributed by atoms with Gasteiger partial charge >= 0.3 is 0 Å². The van der Waals surface area contributed by atoms with Crippen LogP contribution in [0, 0.1) is 19.9 Å². The van der Waals surface area contributed by atoms with E-state index in [9.17, 15) is 0 Å². The number of benzene rings is 2. The fourth-order valence-corrected chi connectivity index (χ4v) is 1.83. The quantitative estimate of drug-likeness (QED) is 0.623. The van der Waals surface area contributed by atoms with E-state index in [2.05, 4.69) is 31.0 Å². The van der Waals surface area contributed by atoms with Gasteiger partial charge in [0, 0.05) is 5.56 Å². The minimum absolute atomic E-state index is 0.666. The summed E-state index contributed by atoms with van der Waals surface area (Å²) in [4.78, 5) is 4.50. The summed E-state index contributed by atoms with van der Waals surface area (Å²) in [5, 5.41) is 0. The maximum atomic E-state index is 5.76. The molecule has 0 unspecified atom stereocenters. The van der Waals surface area contributed by atoms with Gasteiger partial charge in [-0.3, -0.25) is 0 Å². The van der Waals surface area contributed by atoms with E-state index in [1.54, 1.807) is 0 Å². The number of fused-ring (bicyclic) bond motifs is 1. The molecule has 0 spiro atoms. The predicted octanol–water partition coefficient (Wildman–Crippen LogP) is 3.91. The van der Waals surface area contributed by atoms with Gasteiger partial charge in [0.2, 0.25) is 5.89 Å². The summed E-state index contributed by atoms with van der Waals surface area (Å²) in [7, 11) is 0. The van der Waals surface area contributed by atoms with E-state index in [4.69, 9.17) is 4.42 Å². The Morgan fingerprint density at radius 2 is 1.76 bits per heavy atom. The molecule has 0 fully saturated rings. The van der Waals surface area contributed by atoms with Crippen LogP contribution in [0.2, 0.25) is 0 Å². The molecule has 1 heterocycles. The van der Waals surface area contributed by atoms with E-state index < -0.39 is 0 Å². The Balaban J connectivity index is 2.21. The minimum atomic E-state index is 0.666. The molecule has 2 aromatic carbocycles. The Morgan fingerprint density at radius 3 is 2.53 bits per heavy atom. The molecule has 0 atom stereocenters. The molecule has 0 amide bonds. The number of aromatic nitrogens is 1. The van der Waals surface area contributed by atoms with E-state index in [1.807, 2.05) is 30.3 Å². The Morgan fingerprint density at radius 1 is 1.06 bits per heavy atom. The third-order valence-electron chi connectivity index (χ3n) is 2.97. The van der Waals surface area contributed by atoms with E-state index >= 15 is 0 Å². The molecular weight excluding hydrogens is 210 g/mol. The lowest BCUT2D eigenvalue weighted by molar-refractivity contribution is 0.619. The van der Waals surface area contributed by atoms with Crippen LogP contribution < -0.4 is 0 Å². The van der Waals surface area contributed by atoms with Crippen molar-refractivity contribution in [2.45, 2.75) is 13.8 Å². The number of aryl methyl sites for hydroxylation is 2. The summed E-state index contributed by atoms with van der Waals surface area (Å²) in [6, 6.07) is 14.7. The number of nitrogens with zero attached hydrogens (tertiary/aromatic N) is 1. The van der Waals surface area contributed by atoms with Crippen molar-refractivity contribution in [1.82, 2.24) is 4.98 Å². The van der Waals surface area contributed by atoms with Gasteiger partial charge in [0.05, 0.1) is 0 Å². The van der Waals surface area contributed by atoms with Gasteiger partial charge < -0.3 is 4.42 Å². The topological polar surface area (TPSA) is 26.0 Å². The summed E-state index contributed by atoms with van der Waals surface area (Å²) in [5.74, 6) is 0.666. The van der Waals surface area contributed by atoms with Crippen molar-refractivity contribution >= 4 is 11.1 Å². The maximum absolute atomic E-state index is 5.76. The van der Waals surface area contributed by atoms with Crippen molar-refractivity contribution in [2.75, 3.05) is 0 Å². The second kappa shape index (κ2) is 3.74. The smallest absolute Gasteiger partial charge is 0.227 e. The maximum Gasteiger partial charge on any atom is 0.227 e. The fraction of sp³-hybridized carbons (Fsp3) is 0.133. The summed E-state index contributed by atoms with van der Waals surface area (Å²) in [6.07, 6.45) is 0. The fourth-order valence-electron chi connectivity index (χ4n) is 1.83. The molecular formula is C15H12NO. The van der Waals surface area contributed by atoms with Crippen molar-refractivity contribution in [3.8, 4) is 11.5 Å². The predicted molar refractivity (Wildman–Crippen MR) is 67.8 cm³/mol. The third-order valence-corrected chi connectivity index (χ3v) is 2.97. The van der Waals surface area contributed by atoms with Crippen LogP contribution in [0.5, 0.6) is 0 Å². The van der Waals surface area contributed by atoms with Crippen molar-refractivity contribution in [3.63, 3.8) is 0 Å². The zero-order valence-corrected chi connectivity index (χ0v) is 9.82. The second-order valence-electron chi connectivity index (χ2n) is 4.21. The number of hydrogen-bond donors (Lipinski definition) is 0. The van der Waals surface area contributed by atoms with Gasteiger partial charge in [-0.15, -0.1) is 0 Å². The molecule has 0 aliphatic heterocycles. The highest BCUT2D eigenvalue weighted by atomic mass is 16.3. The Labute approximate surface area is 99.9 Å². The molecule has 2 nitrogen and oxygen atoms in total. The van der Waals surface area contributed by atoms with Crippen LogP contribution in [0.1, 0.15) is 11.1 Å². The van der Waals surface area contributed by atoms with Gasteiger partial charge in [0.15, 0.2) is 5.58 Å². The lowest BCUT2D eigenvalue weighted by Crippen LogP contribution is -1.79. The molecule has 0 aliphatic carbocycles. The molecule has 0 bridgehead atoms.